The molecule has 0 saturated carbocycles. The van der Waals surface area contributed by atoms with Crippen molar-refractivity contribution in [3.63, 3.8) is 0 Å². The van der Waals surface area contributed by atoms with Gasteiger partial charge < -0.3 is 14.5 Å². The van der Waals surface area contributed by atoms with Crippen LogP contribution in [-0.2, 0) is 4.79 Å². The SMILES string of the molecule is CCOc1ccc(NC(=O)CSc2nnc(-c3ccccc3F)o2)cc1. The fourth-order valence-corrected chi connectivity index (χ4v) is 2.70. The molecular weight excluding hydrogens is 357 g/mol. The van der Waals surface area contributed by atoms with E-state index >= 15 is 0 Å². The van der Waals surface area contributed by atoms with Crippen LogP contribution < -0.4 is 10.1 Å². The number of ether oxygens (including phenoxy) is 1. The highest BCUT2D eigenvalue weighted by Crippen LogP contribution is 2.25. The molecule has 1 amide bonds. The maximum Gasteiger partial charge on any atom is 0.277 e. The van der Waals surface area contributed by atoms with E-state index in [0.29, 0.717) is 12.3 Å². The number of nitrogens with zero attached hydrogens (tertiary/aromatic N) is 2. The number of hydrogen-bond acceptors (Lipinski definition) is 6. The minimum absolute atomic E-state index is 0.0810. The van der Waals surface area contributed by atoms with Gasteiger partial charge in [-0.3, -0.25) is 4.79 Å². The Morgan fingerprint density at radius 2 is 1.96 bits per heavy atom. The molecule has 0 spiro atoms. The van der Waals surface area contributed by atoms with E-state index < -0.39 is 5.82 Å². The Balaban J connectivity index is 1.54. The summed E-state index contributed by atoms with van der Waals surface area (Å²) in [5, 5.41) is 10.6. The maximum absolute atomic E-state index is 13.7. The van der Waals surface area contributed by atoms with Crippen LogP contribution in [-0.4, -0.2) is 28.5 Å². The van der Waals surface area contributed by atoms with Gasteiger partial charge in [-0.05, 0) is 43.3 Å². The first kappa shape index (κ1) is 17.9. The number of carbonyl (C=O) groups is 1. The standard InChI is InChI=1S/C18H16FN3O3S/c1-2-24-13-9-7-12(8-10-13)20-16(23)11-26-18-22-21-17(25-18)14-5-3-4-6-15(14)19/h3-10H,2,11H2,1H3,(H,20,23). The van der Waals surface area contributed by atoms with Crippen molar-refractivity contribution in [2.24, 2.45) is 0 Å². The molecule has 26 heavy (non-hydrogen) atoms. The molecule has 6 nitrogen and oxygen atoms in total. The van der Waals surface area contributed by atoms with Crippen LogP contribution in [0.15, 0.2) is 58.2 Å². The van der Waals surface area contributed by atoms with Crippen molar-refractivity contribution in [1.82, 2.24) is 10.2 Å². The molecule has 3 rings (SSSR count). The van der Waals surface area contributed by atoms with E-state index in [-0.39, 0.29) is 28.3 Å². The predicted octanol–water partition coefficient (Wildman–Crippen LogP) is 4.01. The molecule has 0 fully saturated rings. The van der Waals surface area contributed by atoms with Crippen LogP contribution in [0.25, 0.3) is 11.5 Å². The predicted molar refractivity (Wildman–Crippen MR) is 96.7 cm³/mol. The number of thioether (sulfide) groups is 1. The third-order valence-corrected chi connectivity index (χ3v) is 4.11. The van der Waals surface area contributed by atoms with Crippen LogP contribution in [0.4, 0.5) is 10.1 Å². The van der Waals surface area contributed by atoms with Gasteiger partial charge >= 0.3 is 0 Å². The molecule has 1 N–H and O–H groups in total. The van der Waals surface area contributed by atoms with E-state index in [0.717, 1.165) is 17.5 Å². The molecule has 3 aromatic rings. The zero-order valence-electron chi connectivity index (χ0n) is 13.9. The second-order valence-corrected chi connectivity index (χ2v) is 6.07. The first-order valence-electron chi connectivity index (χ1n) is 7.89. The van der Waals surface area contributed by atoms with Gasteiger partial charge in [0.05, 0.1) is 17.9 Å². The van der Waals surface area contributed by atoms with Crippen molar-refractivity contribution in [3.8, 4) is 17.2 Å². The lowest BCUT2D eigenvalue weighted by atomic mass is 10.2. The van der Waals surface area contributed by atoms with E-state index in [1.54, 1.807) is 42.5 Å². The number of nitrogens with one attached hydrogen (secondary N) is 1. The van der Waals surface area contributed by atoms with Crippen LogP contribution in [0, 0.1) is 5.82 Å². The van der Waals surface area contributed by atoms with Crippen molar-refractivity contribution in [3.05, 3.63) is 54.3 Å². The summed E-state index contributed by atoms with van der Waals surface area (Å²) in [7, 11) is 0. The quantitative estimate of drug-likeness (QED) is 0.631. The normalized spacial score (nSPS) is 10.5. The van der Waals surface area contributed by atoms with Crippen LogP contribution >= 0.6 is 11.8 Å². The van der Waals surface area contributed by atoms with Crippen molar-refractivity contribution in [1.29, 1.82) is 0 Å². The summed E-state index contributed by atoms with van der Waals surface area (Å²) >= 11 is 1.08. The van der Waals surface area contributed by atoms with Gasteiger partial charge in [-0.25, -0.2) is 4.39 Å². The molecule has 8 heteroatoms. The van der Waals surface area contributed by atoms with Gasteiger partial charge in [-0.15, -0.1) is 10.2 Å². The number of halogens is 1. The molecule has 0 unspecified atom stereocenters. The van der Waals surface area contributed by atoms with Crippen LogP contribution in [0.1, 0.15) is 6.92 Å². The van der Waals surface area contributed by atoms with Crippen molar-refractivity contribution >= 4 is 23.4 Å². The second kappa shape index (κ2) is 8.48. The maximum atomic E-state index is 13.7. The minimum atomic E-state index is -0.444. The summed E-state index contributed by atoms with van der Waals surface area (Å²) in [6, 6.07) is 13.2. The van der Waals surface area contributed by atoms with Gasteiger partial charge in [-0.1, -0.05) is 23.9 Å². The third kappa shape index (κ3) is 4.60. The number of hydrogen-bond donors (Lipinski definition) is 1. The van der Waals surface area contributed by atoms with Crippen molar-refractivity contribution in [2.75, 3.05) is 17.7 Å². The summed E-state index contributed by atoms with van der Waals surface area (Å²) < 4.78 is 24.5. The zero-order chi connectivity index (χ0) is 18.4. The molecule has 0 radical (unpaired) electrons. The Kier molecular flexibility index (Phi) is 5.85. The highest BCUT2D eigenvalue weighted by molar-refractivity contribution is 7.99. The highest BCUT2D eigenvalue weighted by atomic mass is 32.2. The number of anilines is 1. The van der Waals surface area contributed by atoms with E-state index in [4.69, 9.17) is 9.15 Å². The summed E-state index contributed by atoms with van der Waals surface area (Å²) in [6.07, 6.45) is 0. The summed E-state index contributed by atoms with van der Waals surface area (Å²) in [6.45, 7) is 2.49. The molecule has 0 saturated heterocycles. The van der Waals surface area contributed by atoms with Gasteiger partial charge in [-0.2, -0.15) is 0 Å². The van der Waals surface area contributed by atoms with Gasteiger partial charge in [0.2, 0.25) is 5.91 Å². The summed E-state index contributed by atoms with van der Waals surface area (Å²) in [5.74, 6) is 0.251. The summed E-state index contributed by atoms with van der Waals surface area (Å²) in [5.41, 5.74) is 0.891. The second-order valence-electron chi connectivity index (χ2n) is 5.15. The van der Waals surface area contributed by atoms with Crippen molar-refractivity contribution in [2.45, 2.75) is 12.1 Å². The first-order chi connectivity index (χ1) is 12.7. The van der Waals surface area contributed by atoms with E-state index in [9.17, 15) is 9.18 Å². The number of aromatic nitrogens is 2. The molecule has 1 aromatic heterocycles. The molecule has 0 aliphatic carbocycles. The lowest BCUT2D eigenvalue weighted by Gasteiger charge is -2.06. The number of benzene rings is 2. The molecule has 0 atom stereocenters. The lowest BCUT2D eigenvalue weighted by molar-refractivity contribution is -0.113. The van der Waals surface area contributed by atoms with E-state index in [2.05, 4.69) is 15.5 Å². The third-order valence-electron chi connectivity index (χ3n) is 3.29. The van der Waals surface area contributed by atoms with Crippen LogP contribution in [0.5, 0.6) is 5.75 Å². The number of amides is 1. The molecule has 0 bridgehead atoms. The molecule has 0 aliphatic heterocycles. The van der Waals surface area contributed by atoms with Crippen molar-refractivity contribution < 1.29 is 18.3 Å². The highest BCUT2D eigenvalue weighted by Gasteiger charge is 2.14. The Morgan fingerprint density at radius 3 is 2.69 bits per heavy atom. The minimum Gasteiger partial charge on any atom is -0.494 e. The Hall–Kier alpha value is -2.87. The largest absolute Gasteiger partial charge is 0.494 e. The molecule has 0 aliphatic rings. The van der Waals surface area contributed by atoms with Crippen LogP contribution in [0.2, 0.25) is 0 Å². The summed E-state index contributed by atoms with van der Waals surface area (Å²) in [4.78, 5) is 12.0. The number of carbonyl (C=O) groups excluding carboxylic acids is 1. The van der Waals surface area contributed by atoms with Crippen LogP contribution in [0.3, 0.4) is 0 Å². The van der Waals surface area contributed by atoms with E-state index in [1.165, 1.54) is 6.07 Å². The van der Waals surface area contributed by atoms with Gasteiger partial charge in [0.25, 0.3) is 11.1 Å². The molecule has 134 valence electrons. The molecule has 2 aromatic carbocycles. The average molecular weight is 373 g/mol. The van der Waals surface area contributed by atoms with Gasteiger partial charge in [0.15, 0.2) is 0 Å². The average Bonchev–Trinajstić information content (AvgIpc) is 3.11. The first-order valence-corrected chi connectivity index (χ1v) is 8.88. The Labute approximate surface area is 153 Å². The Bertz CT molecular complexity index is 883. The van der Waals surface area contributed by atoms with E-state index in [1.807, 2.05) is 6.92 Å². The molecular formula is C18H16FN3O3S. The number of rotatable bonds is 7. The lowest BCUT2D eigenvalue weighted by Crippen LogP contribution is -2.13. The molecule has 1 heterocycles. The topological polar surface area (TPSA) is 77.2 Å². The van der Waals surface area contributed by atoms with Gasteiger partial charge in [0, 0.05) is 5.69 Å². The van der Waals surface area contributed by atoms with Gasteiger partial charge in [0.1, 0.15) is 11.6 Å². The zero-order valence-corrected chi connectivity index (χ0v) is 14.8. The monoisotopic (exact) mass is 373 g/mol. The Morgan fingerprint density at radius 1 is 1.19 bits per heavy atom. The fourth-order valence-electron chi connectivity index (χ4n) is 2.14. The fraction of sp³-hybridized carbons (Fsp3) is 0.167. The smallest absolute Gasteiger partial charge is 0.277 e.